The van der Waals surface area contributed by atoms with E-state index in [1.54, 1.807) is 24.3 Å². The molecule has 0 spiro atoms. The van der Waals surface area contributed by atoms with Gasteiger partial charge in [0.05, 0.1) is 0 Å². The monoisotopic (exact) mass is 344 g/mol. The van der Waals surface area contributed by atoms with Crippen molar-refractivity contribution in [2.24, 2.45) is 0 Å². The first-order valence-electron chi connectivity index (χ1n) is 4.43. The average molecular weight is 346 g/mol. The number of rotatable bonds is 0. The number of hydrogen-bond acceptors (Lipinski definition) is 2. The van der Waals surface area contributed by atoms with Gasteiger partial charge in [0.1, 0.15) is 11.6 Å². The van der Waals surface area contributed by atoms with Crippen molar-refractivity contribution in [3.63, 3.8) is 0 Å². The van der Waals surface area contributed by atoms with Gasteiger partial charge in [-0.15, -0.1) is 0 Å². The van der Waals surface area contributed by atoms with E-state index in [0.29, 0.717) is 9.79 Å². The fourth-order valence-corrected chi connectivity index (χ4v) is 1.14. The molecule has 0 N–H and O–H groups in total. The van der Waals surface area contributed by atoms with Crippen molar-refractivity contribution in [1.82, 2.24) is 0 Å². The van der Waals surface area contributed by atoms with Gasteiger partial charge in [-0.25, -0.2) is 8.78 Å². The Hall–Kier alpha value is -0.377. The Kier molecular flexibility index (Phi) is 8.48. The van der Waals surface area contributed by atoms with Gasteiger partial charge in [0.15, 0.2) is 0 Å². The third-order valence-electron chi connectivity index (χ3n) is 1.63. The van der Waals surface area contributed by atoms with Crippen molar-refractivity contribution in [1.29, 1.82) is 0 Å². The minimum Gasteiger partial charge on any atom is -0.780 e. The van der Waals surface area contributed by atoms with Crippen LogP contribution in [0.25, 0.3) is 0 Å². The maximum Gasteiger partial charge on any atom is 2.00 e. The van der Waals surface area contributed by atoms with Crippen LogP contribution in [0.15, 0.2) is 58.3 Å². The minimum absolute atomic E-state index is 0. The van der Waals surface area contributed by atoms with E-state index >= 15 is 0 Å². The first-order chi connectivity index (χ1) is 7.58. The van der Waals surface area contributed by atoms with Crippen LogP contribution < -0.4 is 0 Å². The molecule has 5 heteroatoms. The van der Waals surface area contributed by atoms with Crippen LogP contribution in [0.3, 0.4) is 0 Å². The molecule has 2 aromatic carbocycles. The zero-order chi connectivity index (χ0) is 12.0. The van der Waals surface area contributed by atoms with Gasteiger partial charge in [0.2, 0.25) is 0 Å². The Balaban J connectivity index is 0.000000284. The van der Waals surface area contributed by atoms with Crippen molar-refractivity contribution in [2.45, 2.75) is 9.79 Å². The van der Waals surface area contributed by atoms with Gasteiger partial charge < -0.3 is 25.3 Å². The molecule has 0 fully saturated rings. The predicted molar refractivity (Wildman–Crippen MR) is 64.1 cm³/mol. The molecule has 0 unspecified atom stereocenters. The van der Waals surface area contributed by atoms with E-state index < -0.39 is 0 Å². The molecule has 0 saturated heterocycles. The molecule has 0 aliphatic heterocycles. The SMILES string of the molecule is Fc1ccc([S-])cc1.Fc1ccc([S-])cc1.[Zr+2]. The van der Waals surface area contributed by atoms with Gasteiger partial charge in [-0.3, -0.25) is 0 Å². The molecule has 0 radical (unpaired) electrons. The summed E-state index contributed by atoms with van der Waals surface area (Å²) in [4.78, 5) is 1.35. The van der Waals surface area contributed by atoms with Crippen molar-refractivity contribution in [2.75, 3.05) is 0 Å². The summed E-state index contributed by atoms with van der Waals surface area (Å²) < 4.78 is 24.1. The number of halogens is 2. The second kappa shape index (κ2) is 8.68. The van der Waals surface area contributed by atoms with Gasteiger partial charge >= 0.3 is 26.2 Å². The Labute approximate surface area is 129 Å². The smallest absolute Gasteiger partial charge is 0.780 e. The Morgan fingerprint density at radius 3 is 1.00 bits per heavy atom. The van der Waals surface area contributed by atoms with Gasteiger partial charge in [-0.1, -0.05) is 24.3 Å². The van der Waals surface area contributed by atoms with Crippen LogP contribution in [0.5, 0.6) is 0 Å². The zero-order valence-electron chi connectivity index (χ0n) is 8.69. The molecule has 0 amide bonds. The molecule has 0 aliphatic carbocycles. The molecular formula is C12H8F2S2Zr. The van der Waals surface area contributed by atoms with Crippen LogP contribution >= 0.6 is 0 Å². The van der Waals surface area contributed by atoms with E-state index in [4.69, 9.17) is 25.3 Å². The molecule has 0 nitrogen and oxygen atoms in total. The van der Waals surface area contributed by atoms with Crippen molar-refractivity contribution >= 4 is 25.3 Å². The molecule has 2 aromatic rings. The molecule has 2 rings (SSSR count). The molecule has 17 heavy (non-hydrogen) atoms. The summed E-state index contributed by atoms with van der Waals surface area (Å²) >= 11 is 9.41. The average Bonchev–Trinajstić information content (AvgIpc) is 2.28. The standard InChI is InChI=1S/2C6H5FS.Zr/c2*7-5-1-3-6(8)4-2-5;/h2*1-4,8H;/q;;+2/p-2. The van der Waals surface area contributed by atoms with E-state index in [1.807, 2.05) is 0 Å². The summed E-state index contributed by atoms with van der Waals surface area (Å²) in [5, 5.41) is 0. The van der Waals surface area contributed by atoms with Gasteiger partial charge in [-0.05, 0) is 24.3 Å². The second-order valence-electron chi connectivity index (χ2n) is 2.91. The van der Waals surface area contributed by atoms with E-state index in [9.17, 15) is 8.78 Å². The normalized spacial score (nSPS) is 8.59. The summed E-state index contributed by atoms with van der Waals surface area (Å²) in [6.07, 6.45) is 0. The topological polar surface area (TPSA) is 0 Å². The molecule has 86 valence electrons. The predicted octanol–water partition coefficient (Wildman–Crippen LogP) is 3.46. The maximum atomic E-state index is 12.0. The van der Waals surface area contributed by atoms with Crippen molar-refractivity contribution < 1.29 is 35.0 Å². The van der Waals surface area contributed by atoms with Gasteiger partial charge in [0, 0.05) is 0 Å². The molecule has 0 saturated carbocycles. The van der Waals surface area contributed by atoms with Crippen LogP contribution in [-0.2, 0) is 51.5 Å². The van der Waals surface area contributed by atoms with E-state index in [2.05, 4.69) is 0 Å². The van der Waals surface area contributed by atoms with Crippen LogP contribution in [0.2, 0.25) is 0 Å². The van der Waals surface area contributed by atoms with Crippen LogP contribution in [0, 0.1) is 11.6 Å². The molecule has 0 heterocycles. The molecule has 0 aliphatic rings. The fraction of sp³-hybridized carbons (Fsp3) is 0. The maximum absolute atomic E-state index is 12.0. The largest absolute Gasteiger partial charge is 2.00 e. The number of hydrogen-bond donors (Lipinski definition) is 0. The summed E-state index contributed by atoms with van der Waals surface area (Å²) in [6, 6.07) is 11.6. The van der Waals surface area contributed by atoms with Gasteiger partial charge in [0.25, 0.3) is 0 Å². The summed E-state index contributed by atoms with van der Waals surface area (Å²) in [7, 11) is 0. The zero-order valence-corrected chi connectivity index (χ0v) is 12.8. The Bertz CT molecular complexity index is 344. The Morgan fingerprint density at radius 1 is 0.588 bits per heavy atom. The van der Waals surface area contributed by atoms with E-state index in [-0.39, 0.29) is 37.8 Å². The van der Waals surface area contributed by atoms with Crippen LogP contribution in [0.4, 0.5) is 8.78 Å². The molecule has 0 bridgehead atoms. The fourth-order valence-electron chi connectivity index (χ4n) is 0.869. The summed E-state index contributed by atoms with van der Waals surface area (Å²) in [5.41, 5.74) is 0. The summed E-state index contributed by atoms with van der Waals surface area (Å²) in [6.45, 7) is 0. The quantitative estimate of drug-likeness (QED) is 0.671. The van der Waals surface area contributed by atoms with Crippen molar-refractivity contribution in [3.8, 4) is 0 Å². The van der Waals surface area contributed by atoms with Crippen LogP contribution in [0.1, 0.15) is 0 Å². The molecule has 0 aromatic heterocycles. The second-order valence-corrected chi connectivity index (χ2v) is 3.85. The molecule has 0 atom stereocenters. The Morgan fingerprint density at radius 2 is 0.824 bits per heavy atom. The van der Waals surface area contributed by atoms with E-state index in [0.717, 1.165) is 0 Å². The van der Waals surface area contributed by atoms with Crippen LogP contribution in [-0.4, -0.2) is 0 Å². The third-order valence-corrected chi connectivity index (χ3v) is 2.17. The van der Waals surface area contributed by atoms with E-state index in [1.165, 1.54) is 24.3 Å². The first kappa shape index (κ1) is 16.6. The number of benzene rings is 2. The van der Waals surface area contributed by atoms with Crippen molar-refractivity contribution in [3.05, 3.63) is 60.2 Å². The minimum atomic E-state index is -0.237. The third kappa shape index (κ3) is 7.53. The molecular weight excluding hydrogens is 337 g/mol. The summed E-state index contributed by atoms with van der Waals surface area (Å²) in [5.74, 6) is -0.475. The van der Waals surface area contributed by atoms with Gasteiger partial charge in [-0.2, -0.15) is 9.79 Å². The first-order valence-corrected chi connectivity index (χ1v) is 5.25.